The molecule has 2 N–H and O–H groups in total. The topological polar surface area (TPSA) is 60.1 Å². The standard InChI is InChI=1S/C13H21N3O2/c1-5-16(6-2)13(14)15-10-7-8-11(17-3)12(9-10)18-4/h7-9H,5-6H2,1-4H3,(H2,14,15). The lowest BCUT2D eigenvalue weighted by molar-refractivity contribution is 0.355. The molecule has 100 valence electrons. The van der Waals surface area contributed by atoms with Crippen molar-refractivity contribution in [3.8, 4) is 11.5 Å². The second kappa shape index (κ2) is 6.74. The van der Waals surface area contributed by atoms with Gasteiger partial charge in [-0.25, -0.2) is 4.99 Å². The number of hydrogen-bond donors (Lipinski definition) is 1. The van der Waals surface area contributed by atoms with Gasteiger partial charge in [0.25, 0.3) is 0 Å². The van der Waals surface area contributed by atoms with E-state index in [9.17, 15) is 0 Å². The van der Waals surface area contributed by atoms with Gasteiger partial charge in [0.1, 0.15) is 0 Å². The summed E-state index contributed by atoms with van der Waals surface area (Å²) in [5.41, 5.74) is 6.68. The Labute approximate surface area is 108 Å². The number of nitrogens with two attached hydrogens (primary N) is 1. The summed E-state index contributed by atoms with van der Waals surface area (Å²) >= 11 is 0. The Morgan fingerprint density at radius 2 is 1.78 bits per heavy atom. The van der Waals surface area contributed by atoms with Gasteiger partial charge in [0.2, 0.25) is 0 Å². The van der Waals surface area contributed by atoms with Gasteiger partial charge in [-0.2, -0.15) is 0 Å². The molecule has 0 aromatic heterocycles. The van der Waals surface area contributed by atoms with Crippen LogP contribution in [0.2, 0.25) is 0 Å². The van der Waals surface area contributed by atoms with Crippen molar-refractivity contribution in [1.29, 1.82) is 0 Å². The molecule has 0 bridgehead atoms. The summed E-state index contributed by atoms with van der Waals surface area (Å²) in [6.07, 6.45) is 0. The van der Waals surface area contributed by atoms with E-state index in [1.807, 2.05) is 30.9 Å². The van der Waals surface area contributed by atoms with Crippen LogP contribution in [0, 0.1) is 0 Å². The van der Waals surface area contributed by atoms with Crippen molar-refractivity contribution in [3.05, 3.63) is 18.2 Å². The van der Waals surface area contributed by atoms with Crippen LogP contribution in [0.5, 0.6) is 11.5 Å². The van der Waals surface area contributed by atoms with Crippen LogP contribution < -0.4 is 15.2 Å². The van der Waals surface area contributed by atoms with Crippen LogP contribution >= 0.6 is 0 Å². The molecule has 0 aliphatic carbocycles. The van der Waals surface area contributed by atoms with Crippen LogP contribution in [-0.4, -0.2) is 38.2 Å². The summed E-state index contributed by atoms with van der Waals surface area (Å²) in [7, 11) is 3.20. The van der Waals surface area contributed by atoms with Crippen LogP contribution in [0.1, 0.15) is 13.8 Å². The minimum absolute atomic E-state index is 0.507. The van der Waals surface area contributed by atoms with Gasteiger partial charge < -0.3 is 20.1 Å². The van der Waals surface area contributed by atoms with Gasteiger partial charge in [-0.05, 0) is 26.0 Å². The number of hydrogen-bond acceptors (Lipinski definition) is 3. The monoisotopic (exact) mass is 251 g/mol. The maximum absolute atomic E-state index is 5.94. The summed E-state index contributed by atoms with van der Waals surface area (Å²) in [5, 5.41) is 0. The molecule has 0 saturated heterocycles. The molecule has 1 aromatic carbocycles. The van der Waals surface area contributed by atoms with E-state index in [4.69, 9.17) is 15.2 Å². The van der Waals surface area contributed by atoms with Crippen molar-refractivity contribution in [3.63, 3.8) is 0 Å². The average Bonchev–Trinajstić information content (AvgIpc) is 2.40. The van der Waals surface area contributed by atoms with Gasteiger partial charge in [-0.15, -0.1) is 0 Å². The Bertz CT molecular complexity index is 415. The molecule has 0 spiro atoms. The molecule has 1 aromatic rings. The molecule has 0 amide bonds. The quantitative estimate of drug-likeness (QED) is 0.642. The van der Waals surface area contributed by atoms with Crippen molar-refractivity contribution in [2.45, 2.75) is 13.8 Å². The van der Waals surface area contributed by atoms with E-state index in [0.717, 1.165) is 18.8 Å². The van der Waals surface area contributed by atoms with E-state index in [1.165, 1.54) is 0 Å². The first-order chi connectivity index (χ1) is 8.65. The molecule has 0 unspecified atom stereocenters. The van der Waals surface area contributed by atoms with Gasteiger partial charge in [0, 0.05) is 19.2 Å². The van der Waals surface area contributed by atoms with Crippen LogP contribution in [0.15, 0.2) is 23.2 Å². The first-order valence-electron chi connectivity index (χ1n) is 5.97. The molecule has 0 radical (unpaired) electrons. The summed E-state index contributed by atoms with van der Waals surface area (Å²) in [6, 6.07) is 5.46. The zero-order valence-corrected chi connectivity index (χ0v) is 11.4. The second-order valence-electron chi connectivity index (χ2n) is 3.68. The lowest BCUT2D eigenvalue weighted by atomic mass is 10.3. The van der Waals surface area contributed by atoms with Gasteiger partial charge in [-0.3, -0.25) is 0 Å². The average molecular weight is 251 g/mol. The van der Waals surface area contributed by atoms with Crippen molar-refractivity contribution >= 4 is 11.6 Å². The fraction of sp³-hybridized carbons (Fsp3) is 0.462. The first kappa shape index (κ1) is 14.2. The summed E-state index contributed by atoms with van der Waals surface area (Å²) in [5.74, 6) is 1.83. The molecule has 0 saturated carbocycles. The van der Waals surface area contributed by atoms with E-state index >= 15 is 0 Å². The fourth-order valence-electron chi connectivity index (χ4n) is 1.65. The minimum atomic E-state index is 0.507. The third-order valence-electron chi connectivity index (χ3n) is 2.70. The third kappa shape index (κ3) is 3.29. The lowest BCUT2D eigenvalue weighted by Crippen LogP contribution is -2.36. The highest BCUT2D eigenvalue weighted by Gasteiger charge is 2.06. The van der Waals surface area contributed by atoms with Gasteiger partial charge in [0.15, 0.2) is 17.5 Å². The number of nitrogens with zero attached hydrogens (tertiary/aromatic N) is 2. The van der Waals surface area contributed by atoms with Crippen molar-refractivity contribution in [2.75, 3.05) is 27.3 Å². The Morgan fingerprint density at radius 1 is 1.17 bits per heavy atom. The number of rotatable bonds is 5. The molecular weight excluding hydrogens is 230 g/mol. The van der Waals surface area contributed by atoms with E-state index in [0.29, 0.717) is 17.5 Å². The maximum atomic E-state index is 5.94. The molecule has 0 aliphatic rings. The predicted molar refractivity (Wildman–Crippen MR) is 73.7 cm³/mol. The van der Waals surface area contributed by atoms with Crippen LogP contribution in [0.25, 0.3) is 0 Å². The fourth-order valence-corrected chi connectivity index (χ4v) is 1.65. The summed E-state index contributed by atoms with van der Waals surface area (Å²) in [6.45, 7) is 5.75. The van der Waals surface area contributed by atoms with Crippen LogP contribution in [0.4, 0.5) is 5.69 Å². The highest BCUT2D eigenvalue weighted by atomic mass is 16.5. The molecule has 5 nitrogen and oxygen atoms in total. The Balaban J connectivity index is 3.00. The largest absolute Gasteiger partial charge is 0.493 e. The molecule has 0 aliphatic heterocycles. The summed E-state index contributed by atoms with van der Waals surface area (Å²) in [4.78, 5) is 6.35. The Hall–Kier alpha value is -1.91. The predicted octanol–water partition coefficient (Wildman–Crippen LogP) is 1.99. The molecule has 0 heterocycles. The molecule has 18 heavy (non-hydrogen) atoms. The van der Waals surface area contributed by atoms with E-state index < -0.39 is 0 Å². The van der Waals surface area contributed by atoms with Crippen molar-refractivity contribution < 1.29 is 9.47 Å². The summed E-state index contributed by atoms with van der Waals surface area (Å²) < 4.78 is 10.4. The molecule has 5 heteroatoms. The van der Waals surface area contributed by atoms with E-state index in [1.54, 1.807) is 20.3 Å². The van der Waals surface area contributed by atoms with Crippen LogP contribution in [-0.2, 0) is 0 Å². The van der Waals surface area contributed by atoms with Crippen molar-refractivity contribution in [1.82, 2.24) is 4.90 Å². The van der Waals surface area contributed by atoms with Crippen LogP contribution in [0.3, 0.4) is 0 Å². The zero-order chi connectivity index (χ0) is 13.5. The van der Waals surface area contributed by atoms with Gasteiger partial charge >= 0.3 is 0 Å². The Morgan fingerprint density at radius 3 is 2.28 bits per heavy atom. The van der Waals surface area contributed by atoms with Crippen molar-refractivity contribution in [2.24, 2.45) is 10.7 Å². The minimum Gasteiger partial charge on any atom is -0.493 e. The molecule has 1 rings (SSSR count). The van der Waals surface area contributed by atoms with Gasteiger partial charge in [0.05, 0.1) is 19.9 Å². The first-order valence-corrected chi connectivity index (χ1v) is 5.97. The third-order valence-corrected chi connectivity index (χ3v) is 2.70. The number of benzene rings is 1. The number of aliphatic imine (C=N–C) groups is 1. The zero-order valence-electron chi connectivity index (χ0n) is 11.4. The SMILES string of the molecule is CCN(CC)C(N)=Nc1ccc(OC)c(OC)c1. The highest BCUT2D eigenvalue weighted by Crippen LogP contribution is 2.30. The Kier molecular flexibility index (Phi) is 5.30. The van der Waals surface area contributed by atoms with E-state index in [2.05, 4.69) is 4.99 Å². The highest BCUT2D eigenvalue weighted by molar-refractivity contribution is 5.81. The maximum Gasteiger partial charge on any atom is 0.196 e. The van der Waals surface area contributed by atoms with E-state index in [-0.39, 0.29) is 0 Å². The second-order valence-corrected chi connectivity index (χ2v) is 3.68. The number of guanidine groups is 1. The lowest BCUT2D eigenvalue weighted by Gasteiger charge is -2.19. The normalized spacial score (nSPS) is 11.2. The smallest absolute Gasteiger partial charge is 0.196 e. The van der Waals surface area contributed by atoms with Gasteiger partial charge in [-0.1, -0.05) is 0 Å². The molecule has 0 fully saturated rings. The molecular formula is C13H21N3O2. The number of methoxy groups -OCH3 is 2. The number of ether oxygens (including phenoxy) is 2. The molecule has 0 atom stereocenters.